The summed E-state index contributed by atoms with van der Waals surface area (Å²) in [6.07, 6.45) is 0. The van der Waals surface area contributed by atoms with Gasteiger partial charge < -0.3 is 9.47 Å². The minimum atomic E-state index is -2.84. The van der Waals surface area contributed by atoms with Crippen molar-refractivity contribution in [2.45, 2.75) is 13.5 Å². The van der Waals surface area contributed by atoms with Gasteiger partial charge in [-0.1, -0.05) is 15.9 Å². The first-order valence-electron chi connectivity index (χ1n) is 4.00. The SMILES string of the molecule is CCOc1cc(Br)ccc1OC(F)F. The summed E-state index contributed by atoms with van der Waals surface area (Å²) in [4.78, 5) is 0. The second-order valence-electron chi connectivity index (χ2n) is 2.40. The number of rotatable bonds is 4. The lowest BCUT2D eigenvalue weighted by molar-refractivity contribution is -0.0514. The normalized spacial score (nSPS) is 10.4. The minimum Gasteiger partial charge on any atom is -0.490 e. The fourth-order valence-electron chi connectivity index (χ4n) is 0.944. The Kier molecular flexibility index (Phi) is 4.13. The highest BCUT2D eigenvalue weighted by molar-refractivity contribution is 9.10. The molecule has 1 aromatic rings. The zero-order valence-electron chi connectivity index (χ0n) is 7.47. The molecule has 0 bridgehead atoms. The van der Waals surface area contributed by atoms with Gasteiger partial charge in [-0.25, -0.2) is 0 Å². The van der Waals surface area contributed by atoms with Crippen LogP contribution >= 0.6 is 15.9 Å². The van der Waals surface area contributed by atoms with Crippen LogP contribution in [-0.4, -0.2) is 13.2 Å². The van der Waals surface area contributed by atoms with Crippen molar-refractivity contribution in [2.75, 3.05) is 6.61 Å². The largest absolute Gasteiger partial charge is 0.490 e. The molecular formula is C9H9BrF2O2. The Balaban J connectivity index is 2.89. The highest BCUT2D eigenvalue weighted by Crippen LogP contribution is 2.31. The third-order valence-electron chi connectivity index (χ3n) is 1.42. The predicted octanol–water partition coefficient (Wildman–Crippen LogP) is 3.45. The van der Waals surface area contributed by atoms with Gasteiger partial charge in [0.05, 0.1) is 6.61 Å². The molecule has 0 aromatic heterocycles. The van der Waals surface area contributed by atoms with Crippen molar-refractivity contribution in [3.8, 4) is 11.5 Å². The van der Waals surface area contributed by atoms with Gasteiger partial charge in [0, 0.05) is 4.47 Å². The van der Waals surface area contributed by atoms with Gasteiger partial charge in [-0.15, -0.1) is 0 Å². The van der Waals surface area contributed by atoms with Crippen molar-refractivity contribution in [3.05, 3.63) is 22.7 Å². The van der Waals surface area contributed by atoms with Crippen molar-refractivity contribution >= 4 is 15.9 Å². The molecule has 0 saturated carbocycles. The number of hydrogen-bond donors (Lipinski definition) is 0. The van der Waals surface area contributed by atoms with E-state index < -0.39 is 6.61 Å². The highest BCUT2D eigenvalue weighted by Gasteiger charge is 2.10. The second kappa shape index (κ2) is 5.14. The molecule has 5 heteroatoms. The smallest absolute Gasteiger partial charge is 0.387 e. The van der Waals surface area contributed by atoms with Gasteiger partial charge in [-0.05, 0) is 25.1 Å². The molecule has 0 aliphatic heterocycles. The van der Waals surface area contributed by atoms with Crippen LogP contribution in [0.2, 0.25) is 0 Å². The maximum absolute atomic E-state index is 12.0. The summed E-state index contributed by atoms with van der Waals surface area (Å²) < 4.78 is 34.1. The predicted molar refractivity (Wildman–Crippen MR) is 51.9 cm³/mol. The lowest BCUT2D eigenvalue weighted by Gasteiger charge is -2.10. The van der Waals surface area contributed by atoms with Crippen LogP contribution in [0.3, 0.4) is 0 Å². The zero-order valence-corrected chi connectivity index (χ0v) is 9.05. The number of alkyl halides is 2. The van der Waals surface area contributed by atoms with Gasteiger partial charge in [0.2, 0.25) is 0 Å². The molecule has 1 aromatic carbocycles. The number of hydrogen-bond acceptors (Lipinski definition) is 2. The third kappa shape index (κ3) is 3.14. The van der Waals surface area contributed by atoms with Gasteiger partial charge in [-0.3, -0.25) is 0 Å². The molecule has 1 rings (SSSR count). The van der Waals surface area contributed by atoms with E-state index in [1.54, 1.807) is 19.1 Å². The van der Waals surface area contributed by atoms with Crippen LogP contribution in [0.25, 0.3) is 0 Å². The summed E-state index contributed by atoms with van der Waals surface area (Å²) in [6.45, 7) is -0.668. The van der Waals surface area contributed by atoms with Crippen molar-refractivity contribution < 1.29 is 18.3 Å². The molecular weight excluding hydrogens is 258 g/mol. The maximum atomic E-state index is 12.0. The highest BCUT2D eigenvalue weighted by atomic mass is 79.9. The molecule has 2 nitrogen and oxygen atoms in total. The van der Waals surface area contributed by atoms with Crippen molar-refractivity contribution in [2.24, 2.45) is 0 Å². The Morgan fingerprint density at radius 3 is 2.64 bits per heavy atom. The summed E-state index contributed by atoms with van der Waals surface area (Å²) in [5.74, 6) is 0.354. The monoisotopic (exact) mass is 266 g/mol. The molecule has 0 aliphatic rings. The number of ether oxygens (including phenoxy) is 2. The van der Waals surface area contributed by atoms with E-state index in [-0.39, 0.29) is 5.75 Å². The molecule has 0 aliphatic carbocycles. The Hall–Kier alpha value is -0.840. The third-order valence-corrected chi connectivity index (χ3v) is 1.91. The average Bonchev–Trinajstić information content (AvgIpc) is 2.09. The van der Waals surface area contributed by atoms with E-state index in [1.807, 2.05) is 0 Å². The van der Waals surface area contributed by atoms with Gasteiger partial charge in [0.15, 0.2) is 11.5 Å². The first-order chi connectivity index (χ1) is 6.63. The van der Waals surface area contributed by atoms with Crippen LogP contribution in [0.4, 0.5) is 8.78 Å². The van der Waals surface area contributed by atoms with Gasteiger partial charge in [-0.2, -0.15) is 8.78 Å². The Labute approximate surface area is 89.0 Å². The fraction of sp³-hybridized carbons (Fsp3) is 0.333. The molecule has 78 valence electrons. The topological polar surface area (TPSA) is 18.5 Å². The number of halogens is 3. The Morgan fingerprint density at radius 2 is 2.07 bits per heavy atom. The summed E-state index contributed by atoms with van der Waals surface area (Å²) in [5, 5.41) is 0. The second-order valence-corrected chi connectivity index (χ2v) is 3.32. The standard InChI is InChI=1S/C9H9BrF2O2/c1-2-13-8-5-6(10)3-4-7(8)14-9(11)12/h3-5,9H,2H2,1H3. The van der Waals surface area contributed by atoms with Crippen LogP contribution in [0.5, 0.6) is 11.5 Å². The Bertz CT molecular complexity index is 305. The van der Waals surface area contributed by atoms with E-state index in [9.17, 15) is 8.78 Å². The van der Waals surface area contributed by atoms with Crippen molar-refractivity contribution in [1.82, 2.24) is 0 Å². The summed E-state index contributed by atoms with van der Waals surface area (Å²) in [7, 11) is 0. The summed E-state index contributed by atoms with van der Waals surface area (Å²) >= 11 is 3.21. The van der Waals surface area contributed by atoms with E-state index in [1.165, 1.54) is 6.07 Å². The molecule has 0 N–H and O–H groups in total. The van der Waals surface area contributed by atoms with E-state index in [2.05, 4.69) is 20.7 Å². The minimum absolute atomic E-state index is 0.0463. The van der Waals surface area contributed by atoms with Gasteiger partial charge in [0.25, 0.3) is 0 Å². The molecule has 0 unspecified atom stereocenters. The zero-order chi connectivity index (χ0) is 10.6. The van der Waals surface area contributed by atoms with Crippen LogP contribution in [-0.2, 0) is 0 Å². The Morgan fingerprint density at radius 1 is 1.36 bits per heavy atom. The van der Waals surface area contributed by atoms with Crippen molar-refractivity contribution in [1.29, 1.82) is 0 Å². The van der Waals surface area contributed by atoms with Crippen LogP contribution < -0.4 is 9.47 Å². The fourth-order valence-corrected chi connectivity index (χ4v) is 1.28. The van der Waals surface area contributed by atoms with E-state index in [4.69, 9.17) is 4.74 Å². The lowest BCUT2D eigenvalue weighted by atomic mass is 10.3. The maximum Gasteiger partial charge on any atom is 0.387 e. The van der Waals surface area contributed by atoms with Crippen LogP contribution in [0.1, 0.15) is 6.92 Å². The molecule has 0 fully saturated rings. The molecule has 0 spiro atoms. The molecule has 0 heterocycles. The summed E-state index contributed by atoms with van der Waals surface area (Å²) in [6, 6.07) is 4.63. The van der Waals surface area contributed by atoms with E-state index in [0.29, 0.717) is 12.4 Å². The lowest BCUT2D eigenvalue weighted by Crippen LogP contribution is -2.04. The summed E-state index contributed by atoms with van der Waals surface area (Å²) in [5.41, 5.74) is 0. The van der Waals surface area contributed by atoms with E-state index >= 15 is 0 Å². The quantitative estimate of drug-likeness (QED) is 0.831. The van der Waals surface area contributed by atoms with Crippen LogP contribution in [0, 0.1) is 0 Å². The van der Waals surface area contributed by atoms with Crippen molar-refractivity contribution in [3.63, 3.8) is 0 Å². The number of benzene rings is 1. The molecule has 0 atom stereocenters. The average molecular weight is 267 g/mol. The van der Waals surface area contributed by atoms with Gasteiger partial charge >= 0.3 is 6.61 Å². The molecule has 0 saturated heterocycles. The van der Waals surface area contributed by atoms with Crippen LogP contribution in [0.15, 0.2) is 22.7 Å². The molecule has 0 amide bonds. The van der Waals surface area contributed by atoms with Gasteiger partial charge in [0.1, 0.15) is 0 Å². The molecule has 0 radical (unpaired) electrons. The first-order valence-corrected chi connectivity index (χ1v) is 4.80. The first kappa shape index (κ1) is 11.2. The molecule has 14 heavy (non-hydrogen) atoms. The van der Waals surface area contributed by atoms with E-state index in [0.717, 1.165) is 4.47 Å².